The van der Waals surface area contributed by atoms with Gasteiger partial charge in [-0.15, -0.1) is 0 Å². The van der Waals surface area contributed by atoms with Crippen LogP contribution in [0.5, 0.6) is 0 Å². The third-order valence-corrected chi connectivity index (χ3v) is 2.89. The second kappa shape index (κ2) is 3.62. The Hall–Kier alpha value is -0.640. The van der Waals surface area contributed by atoms with E-state index in [9.17, 15) is 0 Å². The molecule has 1 aromatic heterocycles. The lowest BCUT2D eigenvalue weighted by Crippen LogP contribution is -2.46. The van der Waals surface area contributed by atoms with Crippen molar-refractivity contribution in [3.63, 3.8) is 0 Å². The molecule has 1 saturated carbocycles. The van der Waals surface area contributed by atoms with Crippen molar-refractivity contribution in [1.82, 2.24) is 10.4 Å². The fourth-order valence-corrected chi connectivity index (χ4v) is 1.82. The highest BCUT2D eigenvalue weighted by Crippen LogP contribution is 2.36. The largest absolute Gasteiger partial charge is 0.271 e. The number of halogens is 1. The molecule has 1 aliphatic rings. The number of rotatable bonds is 2. The van der Waals surface area contributed by atoms with Gasteiger partial charge in [0.05, 0.1) is 0 Å². The molecule has 13 heavy (non-hydrogen) atoms. The van der Waals surface area contributed by atoms with Gasteiger partial charge in [0.25, 0.3) is 0 Å². The molecule has 0 amide bonds. The molecule has 0 spiro atoms. The number of nitrogens with one attached hydrogen (secondary N) is 1. The molecule has 3 N–H and O–H groups in total. The maximum Gasteiger partial charge on any atom is 0.129 e. The summed E-state index contributed by atoms with van der Waals surface area (Å²) in [5, 5.41) is 0.542. The van der Waals surface area contributed by atoms with Gasteiger partial charge in [-0.05, 0) is 24.5 Å². The van der Waals surface area contributed by atoms with Crippen LogP contribution in [0.15, 0.2) is 18.3 Å². The van der Waals surface area contributed by atoms with Crippen LogP contribution in [0.2, 0.25) is 5.15 Å². The molecule has 3 nitrogen and oxygen atoms in total. The number of hydrazine groups is 1. The Kier molecular flexibility index (Phi) is 2.49. The SMILES string of the molecule is NNC1CCC1c1ccc(Cl)nc1. The first-order valence-corrected chi connectivity index (χ1v) is 4.76. The van der Waals surface area contributed by atoms with Crippen LogP contribution in [0, 0.1) is 0 Å². The van der Waals surface area contributed by atoms with Gasteiger partial charge in [0.1, 0.15) is 5.15 Å². The normalized spacial score (nSPS) is 26.9. The van der Waals surface area contributed by atoms with Gasteiger partial charge in [0.15, 0.2) is 0 Å². The highest BCUT2D eigenvalue weighted by molar-refractivity contribution is 6.29. The van der Waals surface area contributed by atoms with E-state index in [0.717, 1.165) is 6.42 Å². The van der Waals surface area contributed by atoms with Crippen LogP contribution in [0.1, 0.15) is 24.3 Å². The highest BCUT2D eigenvalue weighted by Gasteiger charge is 2.31. The molecule has 0 saturated heterocycles. The fraction of sp³-hybridized carbons (Fsp3) is 0.444. The van der Waals surface area contributed by atoms with E-state index in [2.05, 4.69) is 10.4 Å². The van der Waals surface area contributed by atoms with E-state index in [0.29, 0.717) is 17.1 Å². The first-order chi connectivity index (χ1) is 6.31. The molecule has 0 bridgehead atoms. The average molecular weight is 198 g/mol. The van der Waals surface area contributed by atoms with Gasteiger partial charge in [-0.1, -0.05) is 17.7 Å². The van der Waals surface area contributed by atoms with Gasteiger partial charge in [0, 0.05) is 18.2 Å². The molecule has 0 aromatic carbocycles. The van der Waals surface area contributed by atoms with Gasteiger partial charge in [-0.3, -0.25) is 11.3 Å². The van der Waals surface area contributed by atoms with Gasteiger partial charge >= 0.3 is 0 Å². The predicted molar refractivity (Wildman–Crippen MR) is 52.3 cm³/mol. The van der Waals surface area contributed by atoms with Crippen LogP contribution in [0.4, 0.5) is 0 Å². The summed E-state index contributed by atoms with van der Waals surface area (Å²) in [5.41, 5.74) is 4.02. The molecule has 1 aliphatic carbocycles. The smallest absolute Gasteiger partial charge is 0.129 e. The molecule has 2 rings (SSSR count). The lowest BCUT2D eigenvalue weighted by atomic mass is 9.76. The van der Waals surface area contributed by atoms with E-state index in [1.165, 1.54) is 12.0 Å². The summed E-state index contributed by atoms with van der Waals surface area (Å²) < 4.78 is 0. The Morgan fingerprint density at radius 3 is 2.77 bits per heavy atom. The Balaban J connectivity index is 2.12. The molecule has 0 aliphatic heterocycles. The molecule has 2 atom stereocenters. The third kappa shape index (κ3) is 1.68. The van der Waals surface area contributed by atoms with Crippen LogP contribution in [0.25, 0.3) is 0 Å². The predicted octanol–water partition coefficient (Wildman–Crippen LogP) is 1.44. The van der Waals surface area contributed by atoms with E-state index in [-0.39, 0.29) is 0 Å². The summed E-state index contributed by atoms with van der Waals surface area (Å²) in [6.45, 7) is 0. The summed E-state index contributed by atoms with van der Waals surface area (Å²) in [4.78, 5) is 4.05. The quantitative estimate of drug-likeness (QED) is 0.429. The summed E-state index contributed by atoms with van der Waals surface area (Å²) in [5.74, 6) is 5.90. The monoisotopic (exact) mass is 197 g/mol. The maximum absolute atomic E-state index is 5.70. The molecule has 70 valence electrons. The summed E-state index contributed by atoms with van der Waals surface area (Å²) >= 11 is 5.70. The molecule has 1 heterocycles. The number of hydrogen-bond donors (Lipinski definition) is 2. The maximum atomic E-state index is 5.70. The van der Waals surface area contributed by atoms with Gasteiger partial charge in [-0.2, -0.15) is 0 Å². The summed E-state index contributed by atoms with van der Waals surface area (Å²) in [6.07, 6.45) is 4.15. The Bertz CT molecular complexity index is 283. The van der Waals surface area contributed by atoms with Crippen LogP contribution >= 0.6 is 11.6 Å². The number of aromatic nitrogens is 1. The minimum Gasteiger partial charge on any atom is -0.271 e. The Morgan fingerprint density at radius 1 is 1.46 bits per heavy atom. The lowest BCUT2D eigenvalue weighted by molar-refractivity contribution is 0.287. The zero-order valence-corrected chi connectivity index (χ0v) is 7.96. The van der Waals surface area contributed by atoms with Crippen LogP contribution in [-0.4, -0.2) is 11.0 Å². The van der Waals surface area contributed by atoms with Gasteiger partial charge in [-0.25, -0.2) is 4.98 Å². The van der Waals surface area contributed by atoms with Gasteiger partial charge in [0.2, 0.25) is 0 Å². The Morgan fingerprint density at radius 2 is 2.31 bits per heavy atom. The molecule has 0 radical (unpaired) electrons. The van der Waals surface area contributed by atoms with E-state index < -0.39 is 0 Å². The van der Waals surface area contributed by atoms with Crippen molar-refractivity contribution in [3.05, 3.63) is 29.0 Å². The van der Waals surface area contributed by atoms with Crippen molar-refractivity contribution in [2.24, 2.45) is 5.84 Å². The van der Waals surface area contributed by atoms with Crippen molar-refractivity contribution in [2.45, 2.75) is 24.8 Å². The number of nitrogens with two attached hydrogens (primary N) is 1. The van der Waals surface area contributed by atoms with E-state index in [1.54, 1.807) is 0 Å². The van der Waals surface area contributed by atoms with Crippen molar-refractivity contribution in [1.29, 1.82) is 0 Å². The molecule has 2 unspecified atom stereocenters. The number of hydrogen-bond acceptors (Lipinski definition) is 3. The summed E-state index contributed by atoms with van der Waals surface area (Å²) in [6, 6.07) is 4.25. The molecular weight excluding hydrogens is 186 g/mol. The van der Waals surface area contributed by atoms with Crippen LogP contribution in [0.3, 0.4) is 0 Å². The number of pyridine rings is 1. The van der Waals surface area contributed by atoms with Crippen LogP contribution in [-0.2, 0) is 0 Å². The van der Waals surface area contributed by atoms with E-state index >= 15 is 0 Å². The number of nitrogens with zero attached hydrogens (tertiary/aromatic N) is 1. The van der Waals surface area contributed by atoms with Crippen LogP contribution < -0.4 is 11.3 Å². The zero-order valence-electron chi connectivity index (χ0n) is 7.20. The van der Waals surface area contributed by atoms with E-state index in [1.807, 2.05) is 18.3 Å². The second-order valence-corrected chi connectivity index (χ2v) is 3.76. The standard InChI is InChI=1S/C9H12ClN3/c10-9-4-1-6(5-12-9)7-2-3-8(7)13-11/h1,4-5,7-8,13H,2-3,11H2. The lowest BCUT2D eigenvalue weighted by Gasteiger charge is -2.36. The zero-order chi connectivity index (χ0) is 9.26. The first kappa shape index (κ1) is 8.94. The molecule has 4 heteroatoms. The third-order valence-electron chi connectivity index (χ3n) is 2.67. The van der Waals surface area contributed by atoms with Gasteiger partial charge < -0.3 is 0 Å². The molecule has 1 aromatic rings. The van der Waals surface area contributed by atoms with Crippen molar-refractivity contribution >= 4 is 11.6 Å². The first-order valence-electron chi connectivity index (χ1n) is 4.39. The van der Waals surface area contributed by atoms with E-state index in [4.69, 9.17) is 17.4 Å². The average Bonchev–Trinajstić information content (AvgIpc) is 2.08. The van der Waals surface area contributed by atoms with Crippen molar-refractivity contribution in [2.75, 3.05) is 0 Å². The second-order valence-electron chi connectivity index (χ2n) is 3.37. The fourth-order valence-electron chi connectivity index (χ4n) is 1.71. The Labute approximate surface area is 82.3 Å². The minimum atomic E-state index is 0.406. The summed E-state index contributed by atoms with van der Waals surface area (Å²) in [7, 11) is 0. The molecular formula is C9H12ClN3. The highest BCUT2D eigenvalue weighted by atomic mass is 35.5. The molecule has 1 fully saturated rings. The topological polar surface area (TPSA) is 50.9 Å². The van der Waals surface area contributed by atoms with Crippen molar-refractivity contribution < 1.29 is 0 Å². The minimum absolute atomic E-state index is 0.406. The van der Waals surface area contributed by atoms with Crippen molar-refractivity contribution in [3.8, 4) is 0 Å².